The molecule has 29 heavy (non-hydrogen) atoms. The molecule has 0 aromatic heterocycles. The van der Waals surface area contributed by atoms with Gasteiger partial charge in [0.05, 0.1) is 11.1 Å². The number of carbonyl (C=O) groups excluding carboxylic acids is 4. The number of hydrogen-bond acceptors (Lipinski definition) is 6. The van der Waals surface area contributed by atoms with E-state index in [-0.39, 0.29) is 24.2 Å². The molecule has 8 heteroatoms. The Hall–Kier alpha value is -2.58. The van der Waals surface area contributed by atoms with Gasteiger partial charge in [-0.05, 0) is 49.4 Å². The van der Waals surface area contributed by atoms with Crippen molar-refractivity contribution in [3.63, 3.8) is 0 Å². The van der Waals surface area contributed by atoms with E-state index in [0.29, 0.717) is 17.7 Å². The van der Waals surface area contributed by atoms with Crippen molar-refractivity contribution in [2.75, 3.05) is 19.6 Å². The SMILES string of the molecule is CC1(CNCc2cccc3c2C(=O)N(C2CCC(=O)NC2=O)C3=O)CCNCC1. The van der Waals surface area contributed by atoms with Crippen molar-refractivity contribution >= 4 is 23.6 Å². The maximum absolute atomic E-state index is 13.1. The monoisotopic (exact) mass is 398 g/mol. The minimum atomic E-state index is -0.936. The third-order valence-electron chi connectivity index (χ3n) is 6.23. The molecule has 3 heterocycles. The van der Waals surface area contributed by atoms with Gasteiger partial charge < -0.3 is 10.6 Å². The Labute approximate surface area is 169 Å². The van der Waals surface area contributed by atoms with E-state index in [1.54, 1.807) is 12.1 Å². The van der Waals surface area contributed by atoms with E-state index in [4.69, 9.17) is 0 Å². The first kappa shape index (κ1) is 19.7. The van der Waals surface area contributed by atoms with Crippen LogP contribution in [0.2, 0.25) is 0 Å². The molecule has 3 aliphatic heterocycles. The van der Waals surface area contributed by atoms with Crippen LogP contribution in [0, 0.1) is 5.41 Å². The summed E-state index contributed by atoms with van der Waals surface area (Å²) in [7, 11) is 0. The highest BCUT2D eigenvalue weighted by molar-refractivity contribution is 6.24. The molecule has 2 saturated heterocycles. The largest absolute Gasteiger partial charge is 0.317 e. The number of imide groups is 2. The summed E-state index contributed by atoms with van der Waals surface area (Å²) in [5.74, 6) is -1.88. The molecule has 0 aliphatic carbocycles. The summed E-state index contributed by atoms with van der Waals surface area (Å²) in [4.78, 5) is 50.6. The van der Waals surface area contributed by atoms with E-state index in [0.717, 1.165) is 42.9 Å². The van der Waals surface area contributed by atoms with Gasteiger partial charge in [-0.25, -0.2) is 0 Å². The number of carbonyl (C=O) groups is 4. The molecule has 3 N–H and O–H groups in total. The molecule has 4 amide bonds. The average Bonchev–Trinajstić information content (AvgIpc) is 2.94. The second-order valence-corrected chi connectivity index (χ2v) is 8.45. The lowest BCUT2D eigenvalue weighted by atomic mass is 9.81. The molecule has 0 radical (unpaired) electrons. The zero-order valence-corrected chi connectivity index (χ0v) is 16.5. The summed E-state index contributed by atoms with van der Waals surface area (Å²) in [6, 6.07) is 4.30. The molecule has 2 fully saturated rings. The first-order chi connectivity index (χ1) is 13.9. The van der Waals surface area contributed by atoms with Crippen molar-refractivity contribution in [1.82, 2.24) is 20.9 Å². The van der Waals surface area contributed by atoms with Crippen molar-refractivity contribution in [2.45, 2.75) is 45.2 Å². The van der Waals surface area contributed by atoms with Crippen LogP contribution in [0.1, 0.15) is 58.9 Å². The molecular weight excluding hydrogens is 372 g/mol. The van der Waals surface area contributed by atoms with Crippen LogP contribution in [0.4, 0.5) is 0 Å². The van der Waals surface area contributed by atoms with Gasteiger partial charge in [0.2, 0.25) is 11.8 Å². The molecule has 3 aliphatic rings. The summed E-state index contributed by atoms with van der Waals surface area (Å²) >= 11 is 0. The Morgan fingerprint density at radius 1 is 1.14 bits per heavy atom. The molecular formula is C21H26N4O4. The van der Waals surface area contributed by atoms with Gasteiger partial charge in [-0.3, -0.25) is 29.4 Å². The van der Waals surface area contributed by atoms with Gasteiger partial charge in [0.25, 0.3) is 11.8 Å². The fourth-order valence-corrected chi connectivity index (χ4v) is 4.44. The van der Waals surface area contributed by atoms with Crippen LogP contribution < -0.4 is 16.0 Å². The van der Waals surface area contributed by atoms with Crippen LogP contribution in [-0.4, -0.2) is 54.2 Å². The van der Waals surface area contributed by atoms with Gasteiger partial charge in [0.15, 0.2) is 0 Å². The summed E-state index contributed by atoms with van der Waals surface area (Å²) in [6.07, 6.45) is 2.46. The molecule has 8 nitrogen and oxygen atoms in total. The number of rotatable bonds is 5. The molecule has 0 saturated carbocycles. The molecule has 1 unspecified atom stereocenters. The molecule has 0 bridgehead atoms. The molecule has 1 aromatic carbocycles. The van der Waals surface area contributed by atoms with Crippen LogP contribution in [0.3, 0.4) is 0 Å². The molecule has 1 aromatic rings. The Morgan fingerprint density at radius 2 is 1.90 bits per heavy atom. The normalized spacial score (nSPS) is 23.9. The molecule has 0 spiro atoms. The van der Waals surface area contributed by atoms with Gasteiger partial charge in [-0.15, -0.1) is 0 Å². The molecule has 154 valence electrons. The lowest BCUT2D eigenvalue weighted by Gasteiger charge is -2.34. The van der Waals surface area contributed by atoms with E-state index in [2.05, 4.69) is 22.9 Å². The number of hydrogen-bond donors (Lipinski definition) is 3. The first-order valence-corrected chi connectivity index (χ1v) is 10.1. The minimum Gasteiger partial charge on any atom is -0.317 e. The van der Waals surface area contributed by atoms with Gasteiger partial charge >= 0.3 is 0 Å². The Balaban J connectivity index is 1.50. The lowest BCUT2D eigenvalue weighted by molar-refractivity contribution is -0.136. The summed E-state index contributed by atoms with van der Waals surface area (Å²) in [5.41, 5.74) is 1.66. The van der Waals surface area contributed by atoms with Crippen molar-refractivity contribution in [2.24, 2.45) is 5.41 Å². The summed E-state index contributed by atoms with van der Waals surface area (Å²) in [5, 5.41) is 9.04. The van der Waals surface area contributed by atoms with Crippen LogP contribution in [0.15, 0.2) is 18.2 Å². The quantitative estimate of drug-likeness (QED) is 0.626. The van der Waals surface area contributed by atoms with E-state index in [9.17, 15) is 19.2 Å². The average molecular weight is 398 g/mol. The van der Waals surface area contributed by atoms with Crippen LogP contribution >= 0.6 is 0 Å². The predicted molar refractivity (Wildman–Crippen MR) is 105 cm³/mol. The highest BCUT2D eigenvalue weighted by Gasteiger charge is 2.45. The summed E-state index contributed by atoms with van der Waals surface area (Å²) in [6.45, 7) is 5.58. The number of fused-ring (bicyclic) bond motifs is 1. The van der Waals surface area contributed by atoms with Gasteiger partial charge in [-0.2, -0.15) is 0 Å². The minimum absolute atomic E-state index is 0.117. The molecule has 1 atom stereocenters. The number of piperidine rings is 2. The zero-order valence-electron chi connectivity index (χ0n) is 16.5. The van der Waals surface area contributed by atoms with E-state index >= 15 is 0 Å². The zero-order chi connectivity index (χ0) is 20.6. The molecule has 4 rings (SSSR count). The van der Waals surface area contributed by atoms with Gasteiger partial charge in [-0.1, -0.05) is 19.1 Å². The number of amides is 4. The lowest BCUT2D eigenvalue weighted by Crippen LogP contribution is -2.54. The van der Waals surface area contributed by atoms with Crippen LogP contribution in [0.25, 0.3) is 0 Å². The van der Waals surface area contributed by atoms with Crippen LogP contribution in [-0.2, 0) is 16.1 Å². The van der Waals surface area contributed by atoms with Gasteiger partial charge in [0.1, 0.15) is 6.04 Å². The maximum atomic E-state index is 13.1. The first-order valence-electron chi connectivity index (χ1n) is 10.1. The smallest absolute Gasteiger partial charge is 0.262 e. The topological polar surface area (TPSA) is 108 Å². The number of nitrogens with zero attached hydrogens (tertiary/aromatic N) is 1. The standard InChI is InChI=1S/C21H26N4O4/c1-21(7-9-22-10-8-21)12-23-11-13-3-2-4-14-17(13)20(29)25(19(14)28)15-5-6-16(26)24-18(15)27/h2-4,15,22-23H,5-12H2,1H3,(H,24,26,27). The van der Waals surface area contributed by atoms with Crippen LogP contribution in [0.5, 0.6) is 0 Å². The van der Waals surface area contributed by atoms with Crippen molar-refractivity contribution in [3.05, 3.63) is 34.9 Å². The van der Waals surface area contributed by atoms with Crippen molar-refractivity contribution in [1.29, 1.82) is 0 Å². The fraction of sp³-hybridized carbons (Fsp3) is 0.524. The third-order valence-corrected chi connectivity index (χ3v) is 6.23. The van der Waals surface area contributed by atoms with Crippen molar-refractivity contribution in [3.8, 4) is 0 Å². The Bertz CT molecular complexity index is 875. The highest BCUT2D eigenvalue weighted by atomic mass is 16.2. The maximum Gasteiger partial charge on any atom is 0.262 e. The second kappa shape index (κ2) is 7.68. The predicted octanol–water partition coefficient (Wildman–Crippen LogP) is 0.567. The number of benzene rings is 1. The highest BCUT2D eigenvalue weighted by Crippen LogP contribution is 2.31. The van der Waals surface area contributed by atoms with E-state index in [1.165, 1.54) is 0 Å². The van der Waals surface area contributed by atoms with E-state index < -0.39 is 23.8 Å². The third kappa shape index (κ3) is 3.70. The summed E-state index contributed by atoms with van der Waals surface area (Å²) < 4.78 is 0. The second-order valence-electron chi connectivity index (χ2n) is 8.45. The Morgan fingerprint density at radius 3 is 2.62 bits per heavy atom. The van der Waals surface area contributed by atoms with E-state index in [1.807, 2.05) is 6.07 Å². The fourth-order valence-electron chi connectivity index (χ4n) is 4.44. The van der Waals surface area contributed by atoms with Gasteiger partial charge in [0, 0.05) is 19.5 Å². The number of nitrogens with one attached hydrogen (secondary N) is 3. The van der Waals surface area contributed by atoms with Crippen molar-refractivity contribution < 1.29 is 19.2 Å². The Kier molecular flexibility index (Phi) is 5.23.